The quantitative estimate of drug-likeness (QED) is 0.593. The number of aromatic amines is 1. The molecule has 2 atom stereocenters. The van der Waals surface area contributed by atoms with Gasteiger partial charge in [0.2, 0.25) is 5.95 Å². The Bertz CT molecular complexity index is 842. The lowest BCUT2D eigenvalue weighted by Gasteiger charge is -2.42. The van der Waals surface area contributed by atoms with Crippen molar-refractivity contribution in [3.8, 4) is 5.75 Å². The Labute approximate surface area is 137 Å². The van der Waals surface area contributed by atoms with Gasteiger partial charge in [-0.15, -0.1) is 11.6 Å². The normalized spacial score (nSPS) is 20.6. The first-order chi connectivity index (χ1) is 11.2. The Hall–Kier alpha value is -2.53. The third-order valence-electron chi connectivity index (χ3n) is 4.09. The Morgan fingerprint density at radius 2 is 1.91 bits per heavy atom. The number of rotatable bonds is 3. The summed E-state index contributed by atoms with van der Waals surface area (Å²) in [6.07, 6.45) is 0. The first kappa shape index (κ1) is 14.1. The molecule has 0 radical (unpaired) electrons. The fourth-order valence-electron chi connectivity index (χ4n) is 2.86. The molecule has 5 nitrogen and oxygen atoms in total. The minimum Gasteiger partial charge on any atom is -0.497 e. The van der Waals surface area contributed by atoms with Gasteiger partial charge in [-0.05, 0) is 29.8 Å². The number of hydrogen-bond acceptors (Lipinski definition) is 3. The minimum absolute atomic E-state index is 0.147. The topological polar surface area (TPSA) is 58.2 Å². The van der Waals surface area contributed by atoms with Crippen LogP contribution in [-0.2, 0) is 4.79 Å². The number of β-lactam (4-membered cyclic amide) rings is 1. The summed E-state index contributed by atoms with van der Waals surface area (Å²) in [5.41, 5.74) is 2.66. The summed E-state index contributed by atoms with van der Waals surface area (Å²) in [4.78, 5) is 21.5. The molecule has 0 aliphatic carbocycles. The van der Waals surface area contributed by atoms with Crippen LogP contribution in [0.4, 0.5) is 5.95 Å². The van der Waals surface area contributed by atoms with E-state index in [0.717, 1.165) is 22.3 Å². The predicted molar refractivity (Wildman–Crippen MR) is 89.0 cm³/mol. The van der Waals surface area contributed by atoms with E-state index in [9.17, 15) is 4.79 Å². The SMILES string of the molecule is COc1ccc(C2C(Cl)C(=O)N2c2nc3ccccc3[nH]2)cc1. The number of imidazole rings is 1. The Morgan fingerprint density at radius 1 is 1.17 bits per heavy atom. The van der Waals surface area contributed by atoms with Crippen molar-refractivity contribution in [3.63, 3.8) is 0 Å². The summed E-state index contributed by atoms with van der Waals surface area (Å²) in [6.45, 7) is 0. The zero-order chi connectivity index (χ0) is 16.0. The molecular weight excluding hydrogens is 314 g/mol. The molecule has 6 heteroatoms. The van der Waals surface area contributed by atoms with Crippen LogP contribution in [-0.4, -0.2) is 28.4 Å². The van der Waals surface area contributed by atoms with Crippen molar-refractivity contribution < 1.29 is 9.53 Å². The van der Waals surface area contributed by atoms with Crippen molar-refractivity contribution in [1.82, 2.24) is 9.97 Å². The monoisotopic (exact) mass is 327 g/mol. The van der Waals surface area contributed by atoms with Gasteiger partial charge in [-0.3, -0.25) is 9.69 Å². The number of carbonyl (C=O) groups excluding carboxylic acids is 1. The van der Waals surface area contributed by atoms with E-state index < -0.39 is 5.38 Å². The maximum absolute atomic E-state index is 12.3. The van der Waals surface area contributed by atoms with Gasteiger partial charge >= 0.3 is 0 Å². The third-order valence-corrected chi connectivity index (χ3v) is 4.52. The second-order valence-electron chi connectivity index (χ2n) is 5.41. The van der Waals surface area contributed by atoms with Gasteiger partial charge in [-0.1, -0.05) is 24.3 Å². The Balaban J connectivity index is 1.72. The first-order valence-corrected chi connectivity index (χ1v) is 7.68. The van der Waals surface area contributed by atoms with Crippen LogP contribution in [0.1, 0.15) is 11.6 Å². The number of methoxy groups -OCH3 is 1. The summed E-state index contributed by atoms with van der Waals surface area (Å²) < 4.78 is 5.17. The van der Waals surface area contributed by atoms with E-state index in [-0.39, 0.29) is 11.9 Å². The van der Waals surface area contributed by atoms with E-state index in [1.165, 1.54) is 0 Å². The van der Waals surface area contributed by atoms with E-state index in [0.29, 0.717) is 5.95 Å². The van der Waals surface area contributed by atoms with Crippen LogP contribution >= 0.6 is 11.6 Å². The van der Waals surface area contributed by atoms with Crippen molar-refractivity contribution in [2.45, 2.75) is 11.4 Å². The zero-order valence-electron chi connectivity index (χ0n) is 12.4. The predicted octanol–water partition coefficient (Wildman–Crippen LogP) is 3.27. The van der Waals surface area contributed by atoms with E-state index in [1.807, 2.05) is 48.5 Å². The van der Waals surface area contributed by atoms with E-state index in [1.54, 1.807) is 12.0 Å². The summed E-state index contributed by atoms with van der Waals surface area (Å²) >= 11 is 6.25. The van der Waals surface area contributed by atoms with Crippen molar-refractivity contribution in [3.05, 3.63) is 54.1 Å². The summed E-state index contributed by atoms with van der Waals surface area (Å²) in [5.74, 6) is 1.14. The van der Waals surface area contributed by atoms with Crippen LogP contribution in [0.25, 0.3) is 11.0 Å². The largest absolute Gasteiger partial charge is 0.497 e. The number of nitrogens with one attached hydrogen (secondary N) is 1. The molecule has 23 heavy (non-hydrogen) atoms. The number of anilines is 1. The van der Waals surface area contributed by atoms with Crippen LogP contribution in [0.2, 0.25) is 0 Å². The molecule has 1 aromatic heterocycles. The standard InChI is InChI=1S/C17H14ClN3O2/c1-23-11-8-6-10(7-9-11)15-14(18)16(22)21(15)17-19-12-4-2-3-5-13(12)20-17/h2-9,14-15H,1H3,(H,19,20). The fraction of sp³-hybridized carbons (Fsp3) is 0.176. The van der Waals surface area contributed by atoms with Crippen LogP contribution < -0.4 is 9.64 Å². The summed E-state index contributed by atoms with van der Waals surface area (Å²) in [7, 11) is 1.62. The molecule has 1 saturated heterocycles. The number of carbonyl (C=O) groups is 1. The van der Waals surface area contributed by atoms with Gasteiger partial charge < -0.3 is 9.72 Å². The molecule has 1 N–H and O–H groups in total. The number of nitrogens with zero attached hydrogens (tertiary/aromatic N) is 2. The summed E-state index contributed by atoms with van der Waals surface area (Å²) in [6, 6.07) is 15.0. The molecule has 3 aromatic rings. The number of aromatic nitrogens is 2. The first-order valence-electron chi connectivity index (χ1n) is 7.25. The highest BCUT2D eigenvalue weighted by Gasteiger charge is 2.49. The third kappa shape index (κ3) is 2.16. The van der Waals surface area contributed by atoms with Crippen LogP contribution in [0, 0.1) is 0 Å². The van der Waals surface area contributed by atoms with Crippen molar-refractivity contribution >= 4 is 34.5 Å². The lowest BCUT2D eigenvalue weighted by molar-refractivity contribution is -0.123. The van der Waals surface area contributed by atoms with Gasteiger partial charge in [0.05, 0.1) is 24.2 Å². The molecule has 4 rings (SSSR count). The molecule has 0 bridgehead atoms. The highest BCUT2D eigenvalue weighted by atomic mass is 35.5. The highest BCUT2D eigenvalue weighted by Crippen LogP contribution is 2.41. The maximum atomic E-state index is 12.3. The molecule has 0 spiro atoms. The van der Waals surface area contributed by atoms with Gasteiger partial charge in [0.1, 0.15) is 11.1 Å². The Morgan fingerprint density at radius 3 is 2.61 bits per heavy atom. The van der Waals surface area contributed by atoms with Gasteiger partial charge in [0.15, 0.2) is 0 Å². The van der Waals surface area contributed by atoms with Crippen LogP contribution in [0.5, 0.6) is 5.75 Å². The van der Waals surface area contributed by atoms with Gasteiger partial charge in [0, 0.05) is 0 Å². The Kier molecular flexibility index (Phi) is 3.23. The van der Waals surface area contributed by atoms with E-state index in [4.69, 9.17) is 16.3 Å². The van der Waals surface area contributed by atoms with Crippen molar-refractivity contribution in [1.29, 1.82) is 0 Å². The minimum atomic E-state index is -0.586. The van der Waals surface area contributed by atoms with Crippen LogP contribution in [0.15, 0.2) is 48.5 Å². The summed E-state index contributed by atoms with van der Waals surface area (Å²) in [5, 5.41) is -0.586. The number of ether oxygens (including phenoxy) is 1. The second kappa shape index (κ2) is 5.28. The molecule has 1 aliphatic heterocycles. The number of para-hydroxylation sites is 2. The molecule has 1 fully saturated rings. The average molecular weight is 328 g/mol. The molecule has 1 amide bonds. The fourth-order valence-corrected chi connectivity index (χ4v) is 3.23. The number of halogens is 1. The highest BCUT2D eigenvalue weighted by molar-refractivity contribution is 6.37. The van der Waals surface area contributed by atoms with Crippen LogP contribution in [0.3, 0.4) is 0 Å². The smallest absolute Gasteiger partial charge is 0.250 e. The van der Waals surface area contributed by atoms with Crippen molar-refractivity contribution in [2.24, 2.45) is 0 Å². The van der Waals surface area contributed by atoms with Gasteiger partial charge in [0.25, 0.3) is 5.91 Å². The molecule has 2 unspecified atom stereocenters. The molecular formula is C17H14ClN3O2. The van der Waals surface area contributed by atoms with Gasteiger partial charge in [-0.25, -0.2) is 4.98 Å². The van der Waals surface area contributed by atoms with E-state index in [2.05, 4.69) is 9.97 Å². The second-order valence-corrected chi connectivity index (χ2v) is 5.88. The van der Waals surface area contributed by atoms with Crippen molar-refractivity contribution in [2.75, 3.05) is 12.0 Å². The maximum Gasteiger partial charge on any atom is 0.250 e. The number of H-pyrrole nitrogens is 1. The number of alkyl halides is 1. The molecule has 2 aromatic carbocycles. The zero-order valence-corrected chi connectivity index (χ0v) is 13.1. The molecule has 116 valence electrons. The lowest BCUT2D eigenvalue weighted by atomic mass is 9.93. The number of fused-ring (bicyclic) bond motifs is 1. The number of amides is 1. The lowest BCUT2D eigenvalue weighted by Crippen LogP contribution is -2.57. The number of hydrogen-bond donors (Lipinski definition) is 1. The number of benzene rings is 2. The van der Waals surface area contributed by atoms with E-state index >= 15 is 0 Å². The molecule has 2 heterocycles. The molecule has 1 aliphatic rings. The average Bonchev–Trinajstić information content (AvgIpc) is 3.02. The molecule has 0 saturated carbocycles. The van der Waals surface area contributed by atoms with Gasteiger partial charge in [-0.2, -0.15) is 0 Å².